The second-order valence-corrected chi connectivity index (χ2v) is 8.43. The van der Waals surface area contributed by atoms with Crippen LogP contribution >= 0.6 is 0 Å². The van der Waals surface area contributed by atoms with Gasteiger partial charge in [0.25, 0.3) is 5.91 Å². The minimum absolute atomic E-state index is 0.389. The van der Waals surface area contributed by atoms with Crippen molar-refractivity contribution in [1.82, 2.24) is 25.4 Å². The van der Waals surface area contributed by atoms with Crippen LogP contribution in [-0.4, -0.2) is 50.7 Å². The zero-order valence-corrected chi connectivity index (χ0v) is 19.2. The molecule has 0 spiro atoms. The minimum atomic E-state index is -0.539. The first-order chi connectivity index (χ1) is 16.7. The summed E-state index contributed by atoms with van der Waals surface area (Å²) in [4.78, 5) is 13.6. The maximum Gasteiger partial charge on any atom is 0.267 e. The van der Waals surface area contributed by atoms with Crippen molar-refractivity contribution in [2.75, 3.05) is 19.7 Å². The fourth-order valence-electron chi connectivity index (χ4n) is 4.25. The molecule has 1 atom stereocenters. The second-order valence-electron chi connectivity index (χ2n) is 8.43. The third kappa shape index (κ3) is 6.84. The molecule has 1 amide bonds. The van der Waals surface area contributed by atoms with Crippen molar-refractivity contribution in [2.24, 2.45) is 0 Å². The first-order valence-corrected chi connectivity index (χ1v) is 11.7. The van der Waals surface area contributed by atoms with Crippen LogP contribution in [0.15, 0.2) is 66.9 Å². The van der Waals surface area contributed by atoms with E-state index in [1.165, 1.54) is 23.6 Å². The van der Waals surface area contributed by atoms with E-state index in [4.69, 9.17) is 9.94 Å². The molecule has 1 aromatic heterocycles. The number of carbonyl (C=O) groups is 1. The van der Waals surface area contributed by atoms with Gasteiger partial charge < -0.3 is 4.74 Å². The van der Waals surface area contributed by atoms with E-state index in [-0.39, 0.29) is 0 Å². The third-order valence-corrected chi connectivity index (χ3v) is 6.04. The average Bonchev–Trinajstić information content (AvgIpc) is 3.54. The van der Waals surface area contributed by atoms with Crippen LogP contribution in [0.3, 0.4) is 0 Å². The Morgan fingerprint density at radius 2 is 1.97 bits per heavy atom. The third-order valence-electron chi connectivity index (χ3n) is 6.04. The topological polar surface area (TPSA) is 92.5 Å². The minimum Gasteiger partial charge on any atom is -0.375 e. The molecular formula is C26H31N5O3. The molecule has 178 valence electrons. The lowest BCUT2D eigenvalue weighted by atomic mass is 10.0. The summed E-state index contributed by atoms with van der Waals surface area (Å²) in [5.41, 5.74) is 5.96. The van der Waals surface area contributed by atoms with Gasteiger partial charge in [0.1, 0.15) is 0 Å². The van der Waals surface area contributed by atoms with Crippen LogP contribution in [0, 0.1) is 0 Å². The van der Waals surface area contributed by atoms with Crippen LogP contribution in [-0.2, 0) is 29.1 Å². The molecular weight excluding hydrogens is 430 g/mol. The number of benzene rings is 2. The number of hydrogen-bond acceptors (Lipinski definition) is 6. The Bertz CT molecular complexity index is 1070. The molecule has 0 aliphatic carbocycles. The summed E-state index contributed by atoms with van der Waals surface area (Å²) < 4.78 is 7.60. The van der Waals surface area contributed by atoms with Crippen molar-refractivity contribution in [3.05, 3.63) is 89.3 Å². The molecule has 0 radical (unpaired) electrons. The molecule has 4 rings (SSSR count). The molecule has 3 aromatic rings. The van der Waals surface area contributed by atoms with Gasteiger partial charge in [-0.05, 0) is 42.2 Å². The number of rotatable bonds is 11. The number of amides is 1. The number of nitrogens with zero attached hydrogens (tertiary/aromatic N) is 4. The molecule has 1 fully saturated rings. The lowest BCUT2D eigenvalue weighted by molar-refractivity contribution is -0.124. The zero-order valence-electron chi connectivity index (χ0n) is 19.2. The largest absolute Gasteiger partial charge is 0.375 e. The van der Waals surface area contributed by atoms with Crippen molar-refractivity contribution in [3.63, 3.8) is 0 Å². The van der Waals surface area contributed by atoms with Gasteiger partial charge in [0.05, 0.1) is 25.5 Å². The highest BCUT2D eigenvalue weighted by Crippen LogP contribution is 2.32. The molecule has 2 aromatic carbocycles. The van der Waals surface area contributed by atoms with Crippen molar-refractivity contribution < 1.29 is 14.7 Å². The molecule has 8 nitrogen and oxygen atoms in total. The SMILES string of the molecule is O=C(/C=C/c1ccc([C@@H]2CCCN2CCc2cn(CCOCc3ccccc3)nn2)cc1)NO. The summed E-state index contributed by atoms with van der Waals surface area (Å²) in [5, 5.41) is 17.2. The van der Waals surface area contributed by atoms with E-state index in [0.717, 1.165) is 37.2 Å². The van der Waals surface area contributed by atoms with Crippen molar-refractivity contribution in [1.29, 1.82) is 0 Å². The van der Waals surface area contributed by atoms with E-state index in [9.17, 15) is 4.79 Å². The smallest absolute Gasteiger partial charge is 0.267 e. The summed E-state index contributed by atoms with van der Waals surface area (Å²) in [6.45, 7) is 3.90. The van der Waals surface area contributed by atoms with Crippen LogP contribution in [0.25, 0.3) is 6.08 Å². The van der Waals surface area contributed by atoms with Gasteiger partial charge in [0.2, 0.25) is 0 Å². The normalized spacial score (nSPS) is 16.3. The Morgan fingerprint density at radius 1 is 1.15 bits per heavy atom. The van der Waals surface area contributed by atoms with Crippen LogP contribution in [0.5, 0.6) is 0 Å². The Kier molecular flexibility index (Phi) is 8.56. The Hall–Kier alpha value is -3.33. The molecule has 2 N–H and O–H groups in total. The lowest BCUT2D eigenvalue weighted by Crippen LogP contribution is -2.25. The van der Waals surface area contributed by atoms with Crippen molar-refractivity contribution in [2.45, 2.75) is 38.5 Å². The highest BCUT2D eigenvalue weighted by atomic mass is 16.5. The van der Waals surface area contributed by atoms with Gasteiger partial charge >= 0.3 is 0 Å². The number of ether oxygens (including phenoxy) is 1. The van der Waals surface area contributed by atoms with E-state index < -0.39 is 5.91 Å². The maximum atomic E-state index is 11.1. The highest BCUT2D eigenvalue weighted by molar-refractivity contribution is 5.90. The molecule has 1 aliphatic rings. The van der Waals surface area contributed by atoms with E-state index in [1.54, 1.807) is 11.6 Å². The summed E-state index contributed by atoms with van der Waals surface area (Å²) >= 11 is 0. The predicted octanol–water partition coefficient (Wildman–Crippen LogP) is 3.39. The van der Waals surface area contributed by atoms with Crippen LogP contribution in [0.2, 0.25) is 0 Å². The summed E-state index contributed by atoms with van der Waals surface area (Å²) in [6, 6.07) is 18.8. The van der Waals surface area contributed by atoms with Gasteiger partial charge in [-0.15, -0.1) is 5.10 Å². The molecule has 0 bridgehead atoms. The van der Waals surface area contributed by atoms with Crippen LogP contribution in [0.4, 0.5) is 0 Å². The number of hydrogen-bond donors (Lipinski definition) is 2. The van der Waals surface area contributed by atoms with E-state index in [1.807, 2.05) is 41.2 Å². The quantitative estimate of drug-likeness (QED) is 0.197. The van der Waals surface area contributed by atoms with Gasteiger partial charge in [-0.2, -0.15) is 0 Å². The fourth-order valence-corrected chi connectivity index (χ4v) is 4.25. The van der Waals surface area contributed by atoms with Gasteiger partial charge in [0, 0.05) is 31.3 Å². The first-order valence-electron chi connectivity index (χ1n) is 11.7. The van der Waals surface area contributed by atoms with Gasteiger partial charge in [-0.3, -0.25) is 14.9 Å². The number of nitrogens with one attached hydrogen (secondary N) is 1. The number of carbonyl (C=O) groups excluding carboxylic acids is 1. The van der Waals surface area contributed by atoms with Crippen molar-refractivity contribution in [3.8, 4) is 0 Å². The summed E-state index contributed by atoms with van der Waals surface area (Å²) in [7, 11) is 0. The fraction of sp³-hybridized carbons (Fsp3) is 0.346. The molecule has 0 unspecified atom stereocenters. The Balaban J connectivity index is 1.23. The van der Waals surface area contributed by atoms with Gasteiger partial charge in [0.15, 0.2) is 0 Å². The second kappa shape index (κ2) is 12.2. The summed E-state index contributed by atoms with van der Waals surface area (Å²) in [5.74, 6) is -0.539. The van der Waals surface area contributed by atoms with Gasteiger partial charge in [-0.25, -0.2) is 10.2 Å². The monoisotopic (exact) mass is 461 g/mol. The Labute approximate surface area is 199 Å². The number of likely N-dealkylation sites (tertiary alicyclic amines) is 1. The summed E-state index contributed by atoms with van der Waals surface area (Å²) in [6.07, 6.45) is 8.16. The average molecular weight is 462 g/mol. The number of aromatic nitrogens is 3. The highest BCUT2D eigenvalue weighted by Gasteiger charge is 2.25. The van der Waals surface area contributed by atoms with Crippen molar-refractivity contribution >= 4 is 12.0 Å². The van der Waals surface area contributed by atoms with Crippen LogP contribution < -0.4 is 5.48 Å². The van der Waals surface area contributed by atoms with E-state index in [2.05, 4.69) is 39.5 Å². The molecule has 34 heavy (non-hydrogen) atoms. The van der Waals surface area contributed by atoms with Gasteiger partial charge in [-0.1, -0.05) is 59.8 Å². The maximum absolute atomic E-state index is 11.1. The zero-order chi connectivity index (χ0) is 23.6. The van der Waals surface area contributed by atoms with Crippen LogP contribution in [0.1, 0.15) is 41.3 Å². The van der Waals surface area contributed by atoms with E-state index in [0.29, 0.717) is 25.8 Å². The lowest BCUT2D eigenvalue weighted by Gasteiger charge is -2.24. The molecule has 1 aliphatic heterocycles. The first kappa shape index (κ1) is 23.8. The number of hydroxylamine groups is 1. The molecule has 0 saturated carbocycles. The predicted molar refractivity (Wildman–Crippen MR) is 129 cm³/mol. The standard InChI is InChI=1S/C26H31N5O3/c32-26(28-33)13-10-21-8-11-23(12-9-21)25-7-4-15-30(25)16-14-24-19-31(29-27-24)17-18-34-20-22-5-2-1-3-6-22/h1-3,5-6,8-13,19,25,33H,4,7,14-18,20H2,(H,28,32)/b13-10+/t25-/m0/s1. The molecule has 2 heterocycles. The molecule has 8 heteroatoms. The molecule has 1 saturated heterocycles. The Morgan fingerprint density at radius 3 is 2.76 bits per heavy atom. The van der Waals surface area contributed by atoms with E-state index >= 15 is 0 Å².